The number of ether oxygens (including phenoxy) is 1. The van der Waals surface area contributed by atoms with E-state index in [0.717, 1.165) is 44.9 Å². The molecule has 1 aliphatic heterocycles. The van der Waals surface area contributed by atoms with E-state index >= 15 is 0 Å². The van der Waals surface area contributed by atoms with E-state index in [4.69, 9.17) is 16.3 Å². The van der Waals surface area contributed by atoms with E-state index in [1.165, 1.54) is 19.3 Å². The summed E-state index contributed by atoms with van der Waals surface area (Å²) in [5, 5.41) is 7.22. The average Bonchev–Trinajstić information content (AvgIpc) is 3.21. The van der Waals surface area contributed by atoms with Crippen molar-refractivity contribution in [3.8, 4) is 5.88 Å². The third-order valence-electron chi connectivity index (χ3n) is 5.46. The van der Waals surface area contributed by atoms with Crippen LogP contribution in [-0.2, 0) is 4.79 Å². The Bertz CT molecular complexity index is 700. The van der Waals surface area contributed by atoms with Gasteiger partial charge in [0.15, 0.2) is 5.96 Å². The van der Waals surface area contributed by atoms with Gasteiger partial charge in [0.1, 0.15) is 11.6 Å². The molecule has 30 heavy (non-hydrogen) atoms. The summed E-state index contributed by atoms with van der Waals surface area (Å²) < 4.78 is 5.59. The largest absolute Gasteiger partial charge is 0.475 e. The van der Waals surface area contributed by atoms with Crippen LogP contribution in [0.15, 0.2) is 23.3 Å². The van der Waals surface area contributed by atoms with Crippen LogP contribution >= 0.6 is 35.6 Å². The fraction of sp³-hybridized carbons (Fsp3) is 0.667. The number of nitrogens with one attached hydrogen (secondary N) is 2. The zero-order valence-electron chi connectivity index (χ0n) is 17.6. The Morgan fingerprint density at radius 1 is 1.33 bits per heavy atom. The maximum absolute atomic E-state index is 12.7. The number of aliphatic imine (C=N–C) groups is 1. The number of carbonyl (C=O) groups is 1. The number of aromatic nitrogens is 1. The summed E-state index contributed by atoms with van der Waals surface area (Å²) >= 11 is 6.04. The van der Waals surface area contributed by atoms with Gasteiger partial charge in [-0.2, -0.15) is 0 Å². The second-order valence-corrected chi connectivity index (χ2v) is 8.06. The molecule has 9 heteroatoms. The van der Waals surface area contributed by atoms with Crippen molar-refractivity contribution in [2.45, 2.75) is 51.5 Å². The molecule has 0 spiro atoms. The van der Waals surface area contributed by atoms with Crippen molar-refractivity contribution < 1.29 is 9.53 Å². The van der Waals surface area contributed by atoms with Gasteiger partial charge in [-0.15, -0.1) is 24.0 Å². The number of hydrogen-bond donors (Lipinski definition) is 2. The van der Waals surface area contributed by atoms with Crippen LogP contribution in [0.3, 0.4) is 0 Å². The minimum absolute atomic E-state index is 0. The lowest BCUT2D eigenvalue weighted by Crippen LogP contribution is -2.45. The van der Waals surface area contributed by atoms with Crippen LogP contribution in [0.4, 0.5) is 0 Å². The highest BCUT2D eigenvalue weighted by Gasteiger charge is 2.31. The van der Waals surface area contributed by atoms with Gasteiger partial charge in [0.2, 0.25) is 11.8 Å². The smallest absolute Gasteiger partial charge is 0.232 e. The number of rotatable bonds is 7. The molecule has 2 aliphatic rings. The van der Waals surface area contributed by atoms with Gasteiger partial charge in [-0.05, 0) is 38.3 Å². The molecule has 168 valence electrons. The van der Waals surface area contributed by atoms with E-state index < -0.39 is 0 Å². The van der Waals surface area contributed by atoms with Crippen molar-refractivity contribution in [1.82, 2.24) is 20.5 Å². The van der Waals surface area contributed by atoms with Crippen LogP contribution in [0.25, 0.3) is 0 Å². The molecule has 0 aromatic carbocycles. The van der Waals surface area contributed by atoms with Crippen LogP contribution < -0.4 is 15.4 Å². The molecular weight excluding hydrogens is 517 g/mol. The minimum atomic E-state index is 0. The van der Waals surface area contributed by atoms with Gasteiger partial charge in [0.05, 0.1) is 6.54 Å². The SMILES string of the molecule is CCNC(=NCCOc1ncccc1Cl)NC1CCN(C(=O)C2CCCCC2)C1.I. The predicted molar refractivity (Wildman–Crippen MR) is 131 cm³/mol. The van der Waals surface area contributed by atoms with Gasteiger partial charge in [-0.3, -0.25) is 4.79 Å². The Hall–Kier alpha value is -1.29. The minimum Gasteiger partial charge on any atom is -0.475 e. The topological polar surface area (TPSA) is 78.9 Å². The Balaban J connectivity index is 0.00000320. The van der Waals surface area contributed by atoms with Crippen LogP contribution in [0.1, 0.15) is 45.4 Å². The van der Waals surface area contributed by atoms with E-state index in [9.17, 15) is 4.79 Å². The standard InChI is InChI=1S/C21H32ClN5O2.HI/c1-2-23-21(25-12-14-29-19-18(22)9-6-11-24-19)26-17-10-13-27(15-17)20(28)16-7-4-3-5-8-16;/h6,9,11,16-17H,2-5,7-8,10,12-15H2,1H3,(H2,23,25,26);1H. The van der Waals surface area contributed by atoms with Crippen molar-refractivity contribution in [3.05, 3.63) is 23.4 Å². The maximum atomic E-state index is 12.7. The Morgan fingerprint density at radius 2 is 2.13 bits per heavy atom. The summed E-state index contributed by atoms with van der Waals surface area (Å²) in [5.41, 5.74) is 0. The predicted octanol–water partition coefficient (Wildman–Crippen LogP) is 3.47. The summed E-state index contributed by atoms with van der Waals surface area (Å²) in [4.78, 5) is 23.5. The molecule has 2 heterocycles. The zero-order chi connectivity index (χ0) is 20.5. The zero-order valence-corrected chi connectivity index (χ0v) is 20.7. The molecule has 1 atom stereocenters. The molecule has 7 nitrogen and oxygen atoms in total. The normalized spacial score (nSPS) is 19.9. The summed E-state index contributed by atoms with van der Waals surface area (Å²) in [6.45, 7) is 5.27. The molecule has 1 aliphatic carbocycles. The number of guanidine groups is 1. The van der Waals surface area contributed by atoms with Crippen molar-refractivity contribution in [2.75, 3.05) is 32.8 Å². The Morgan fingerprint density at radius 3 is 2.87 bits per heavy atom. The maximum Gasteiger partial charge on any atom is 0.232 e. The molecule has 3 rings (SSSR count). The molecule has 1 aromatic rings. The van der Waals surface area contributed by atoms with Crippen LogP contribution in [0, 0.1) is 5.92 Å². The van der Waals surface area contributed by atoms with Crippen LogP contribution in [0.5, 0.6) is 5.88 Å². The molecule has 2 N–H and O–H groups in total. The monoisotopic (exact) mass is 549 g/mol. The quantitative estimate of drug-likeness (QED) is 0.236. The number of likely N-dealkylation sites (tertiary alicyclic amines) is 1. The van der Waals surface area contributed by atoms with E-state index in [1.54, 1.807) is 18.3 Å². The molecule has 0 radical (unpaired) electrons. The van der Waals surface area contributed by atoms with E-state index in [-0.39, 0.29) is 35.9 Å². The molecular formula is C21H33ClIN5O2. The molecule has 1 unspecified atom stereocenters. The number of halogens is 2. The Labute approximate surface area is 201 Å². The van der Waals surface area contributed by atoms with Gasteiger partial charge >= 0.3 is 0 Å². The third-order valence-corrected chi connectivity index (χ3v) is 5.75. The summed E-state index contributed by atoms with van der Waals surface area (Å²) in [6, 6.07) is 3.75. The lowest BCUT2D eigenvalue weighted by Gasteiger charge is -2.26. The number of hydrogen-bond acceptors (Lipinski definition) is 4. The van der Waals surface area contributed by atoms with E-state index in [2.05, 4.69) is 20.6 Å². The second kappa shape index (κ2) is 13.2. The number of pyridine rings is 1. The first-order chi connectivity index (χ1) is 14.2. The van der Waals surface area contributed by atoms with Gasteiger partial charge in [-0.1, -0.05) is 30.9 Å². The molecule has 1 aromatic heterocycles. The first kappa shape index (κ1) is 25.0. The van der Waals surface area contributed by atoms with Crippen LogP contribution in [0.2, 0.25) is 5.02 Å². The lowest BCUT2D eigenvalue weighted by molar-refractivity contribution is -0.135. The van der Waals surface area contributed by atoms with Gasteiger partial charge in [-0.25, -0.2) is 9.98 Å². The first-order valence-corrected chi connectivity index (χ1v) is 11.1. The van der Waals surface area contributed by atoms with Gasteiger partial charge in [0.25, 0.3) is 0 Å². The first-order valence-electron chi connectivity index (χ1n) is 10.7. The van der Waals surface area contributed by atoms with Crippen molar-refractivity contribution >= 4 is 47.4 Å². The fourth-order valence-corrected chi connectivity index (χ4v) is 4.15. The van der Waals surface area contributed by atoms with Crippen LogP contribution in [-0.4, -0.2) is 60.6 Å². The fourth-order valence-electron chi connectivity index (χ4n) is 3.98. The second-order valence-electron chi connectivity index (χ2n) is 7.65. The average molecular weight is 550 g/mol. The third kappa shape index (κ3) is 7.44. The molecule has 1 amide bonds. The highest BCUT2D eigenvalue weighted by molar-refractivity contribution is 14.0. The summed E-state index contributed by atoms with van der Waals surface area (Å²) in [5.74, 6) is 1.76. The Kier molecular flexibility index (Phi) is 11.0. The lowest BCUT2D eigenvalue weighted by atomic mass is 9.88. The molecule has 1 saturated heterocycles. The van der Waals surface area contributed by atoms with Gasteiger partial charge < -0.3 is 20.3 Å². The number of carbonyl (C=O) groups excluding carboxylic acids is 1. The van der Waals surface area contributed by atoms with Crippen molar-refractivity contribution in [2.24, 2.45) is 10.9 Å². The van der Waals surface area contributed by atoms with E-state index in [0.29, 0.717) is 30.0 Å². The number of nitrogens with zero attached hydrogens (tertiary/aromatic N) is 3. The highest BCUT2D eigenvalue weighted by atomic mass is 127. The van der Waals surface area contributed by atoms with Crippen molar-refractivity contribution in [1.29, 1.82) is 0 Å². The molecule has 1 saturated carbocycles. The molecule has 2 fully saturated rings. The highest BCUT2D eigenvalue weighted by Crippen LogP contribution is 2.26. The summed E-state index contributed by atoms with van der Waals surface area (Å²) in [6.07, 6.45) is 8.35. The van der Waals surface area contributed by atoms with E-state index in [1.807, 2.05) is 11.8 Å². The van der Waals surface area contributed by atoms with Gasteiger partial charge in [0, 0.05) is 37.8 Å². The number of amides is 1. The summed E-state index contributed by atoms with van der Waals surface area (Å²) in [7, 11) is 0. The van der Waals surface area contributed by atoms with Crippen molar-refractivity contribution in [3.63, 3.8) is 0 Å². The molecule has 0 bridgehead atoms.